The number of Topliss-reactive ketones (excluding diaryl/α,β-unsaturated/α-hetero) is 1. The molecule has 0 radical (unpaired) electrons. The number of hydrogen-bond donors (Lipinski definition) is 0. The number of aryl methyl sites for hydroxylation is 2. The van der Waals surface area contributed by atoms with Gasteiger partial charge in [-0.1, -0.05) is 61.5 Å². The van der Waals surface area contributed by atoms with Crippen LogP contribution in [0.5, 0.6) is 0 Å². The van der Waals surface area contributed by atoms with E-state index in [1.54, 1.807) is 17.8 Å². The Morgan fingerprint density at radius 3 is 2.23 bits per heavy atom. The van der Waals surface area contributed by atoms with Gasteiger partial charge in [-0.2, -0.15) is 0 Å². The topological polar surface area (TPSA) is 77.7 Å². The third-order valence-electron chi connectivity index (χ3n) is 7.27. The van der Waals surface area contributed by atoms with E-state index in [-0.39, 0.29) is 17.3 Å². The average Bonchev–Trinajstić information content (AvgIpc) is 3.33. The fraction of sp³-hybridized carbons (Fsp3) is 0.278. The van der Waals surface area contributed by atoms with E-state index in [9.17, 15) is 14.4 Å². The fourth-order valence-electron chi connectivity index (χ4n) is 5.06. The molecule has 0 saturated carbocycles. The highest BCUT2D eigenvalue weighted by Gasteiger charge is 2.20. The van der Waals surface area contributed by atoms with Crippen molar-refractivity contribution >= 4 is 56.8 Å². The van der Waals surface area contributed by atoms with Crippen LogP contribution in [0.1, 0.15) is 78.8 Å². The molecule has 222 valence electrons. The molecule has 0 spiro atoms. The Labute approximate surface area is 257 Å². The zero-order chi connectivity index (χ0) is 30.9. The number of nitrogens with zero attached hydrogens (tertiary/aromatic N) is 2. The molecule has 0 fully saturated rings. The van der Waals surface area contributed by atoms with Gasteiger partial charge in [-0.25, -0.2) is 4.79 Å². The van der Waals surface area contributed by atoms with Crippen molar-refractivity contribution in [2.45, 2.75) is 60.4 Å². The van der Waals surface area contributed by atoms with Crippen molar-refractivity contribution in [3.05, 3.63) is 106 Å². The van der Waals surface area contributed by atoms with E-state index in [0.717, 1.165) is 46.8 Å². The summed E-state index contributed by atoms with van der Waals surface area (Å²) >= 11 is 1.66. The molecule has 6 nitrogen and oxygen atoms in total. The van der Waals surface area contributed by atoms with Gasteiger partial charge in [0.2, 0.25) is 5.78 Å². The van der Waals surface area contributed by atoms with Crippen LogP contribution >= 0.6 is 11.8 Å². The molecule has 0 N–H and O–H groups in total. The first-order chi connectivity index (χ1) is 20.8. The molecule has 7 heteroatoms. The van der Waals surface area contributed by atoms with Gasteiger partial charge in [0.1, 0.15) is 5.71 Å². The van der Waals surface area contributed by atoms with Gasteiger partial charge in [-0.15, -0.1) is 11.8 Å². The van der Waals surface area contributed by atoms with Gasteiger partial charge in [-0.05, 0) is 73.6 Å². The molecule has 0 bridgehead atoms. The van der Waals surface area contributed by atoms with E-state index < -0.39 is 5.97 Å². The largest absolute Gasteiger partial charge is 0.341 e. The summed E-state index contributed by atoms with van der Waals surface area (Å²) in [4.78, 5) is 44.9. The summed E-state index contributed by atoms with van der Waals surface area (Å²) in [6, 6.07) is 18.9. The summed E-state index contributed by atoms with van der Waals surface area (Å²) in [7, 11) is 0. The fourth-order valence-corrected chi connectivity index (χ4v) is 5.99. The number of ketones is 2. The lowest BCUT2D eigenvalue weighted by molar-refractivity contribution is -0.140. The van der Waals surface area contributed by atoms with E-state index in [4.69, 9.17) is 4.84 Å². The van der Waals surface area contributed by atoms with Crippen LogP contribution in [0.4, 0.5) is 0 Å². The molecule has 43 heavy (non-hydrogen) atoms. The number of hydrogen-bond acceptors (Lipinski definition) is 6. The second-order valence-electron chi connectivity index (χ2n) is 10.2. The lowest BCUT2D eigenvalue weighted by atomic mass is 9.97. The Morgan fingerprint density at radius 2 is 1.60 bits per heavy atom. The van der Waals surface area contributed by atoms with E-state index in [0.29, 0.717) is 28.9 Å². The zero-order valence-corrected chi connectivity index (χ0v) is 26.3. The Morgan fingerprint density at radius 1 is 0.930 bits per heavy atom. The van der Waals surface area contributed by atoms with Crippen molar-refractivity contribution in [2.75, 3.05) is 5.75 Å². The Hall–Kier alpha value is -4.23. The molecule has 0 aliphatic heterocycles. The second-order valence-corrected chi connectivity index (χ2v) is 11.4. The van der Waals surface area contributed by atoms with Gasteiger partial charge in [0.25, 0.3) is 0 Å². The van der Waals surface area contributed by atoms with Gasteiger partial charge in [-0.3, -0.25) is 9.59 Å². The lowest BCUT2D eigenvalue weighted by Gasteiger charge is -2.08. The molecule has 0 aliphatic rings. The minimum atomic E-state index is -0.580. The molecule has 0 aliphatic carbocycles. The quantitative estimate of drug-likeness (QED) is 0.0508. The standard InChI is InChI=1S/C36H38N2O4S/c1-6-9-10-14-28(7-2)43-21-20-32(37-42-25(5)39)36(41)27-17-19-34-31(23-27)30-22-26(16-18-33(30)38(34)8-3)35(40)29-15-12-11-13-24(29)4/h9-19,22-23H,6-8,20-21H2,1-5H3/b10-9-,28-14+,37-32+. The minimum absolute atomic E-state index is 0.0383. The van der Waals surface area contributed by atoms with Gasteiger partial charge in [0, 0.05) is 64.1 Å². The first-order valence-electron chi connectivity index (χ1n) is 14.7. The van der Waals surface area contributed by atoms with Gasteiger partial charge >= 0.3 is 5.97 Å². The number of rotatable bonds is 13. The number of carbonyl (C=O) groups is 3. The van der Waals surface area contributed by atoms with Gasteiger partial charge in [0.05, 0.1) is 0 Å². The maximum absolute atomic E-state index is 13.7. The van der Waals surface area contributed by atoms with Crippen molar-refractivity contribution in [3.8, 4) is 0 Å². The van der Waals surface area contributed by atoms with Crippen molar-refractivity contribution in [1.82, 2.24) is 4.57 Å². The monoisotopic (exact) mass is 594 g/mol. The summed E-state index contributed by atoms with van der Waals surface area (Å²) < 4.78 is 2.18. The minimum Gasteiger partial charge on any atom is -0.341 e. The molecule has 0 saturated heterocycles. The highest BCUT2D eigenvalue weighted by atomic mass is 32.2. The number of benzene rings is 3. The Balaban J connectivity index is 1.70. The molecule has 0 amide bonds. The summed E-state index contributed by atoms with van der Waals surface area (Å²) in [5, 5.41) is 5.74. The number of allylic oxidation sites excluding steroid dienone is 4. The molecular formula is C36H38N2O4S. The maximum Gasteiger partial charge on any atom is 0.331 e. The highest BCUT2D eigenvalue weighted by Crippen LogP contribution is 2.32. The van der Waals surface area contributed by atoms with Crippen molar-refractivity contribution < 1.29 is 19.2 Å². The Bertz CT molecular complexity index is 1760. The lowest BCUT2D eigenvalue weighted by Crippen LogP contribution is -2.17. The Kier molecular flexibility index (Phi) is 10.9. The number of oxime groups is 1. The number of thioether (sulfide) groups is 1. The molecule has 1 aromatic heterocycles. The molecule has 1 heterocycles. The molecule has 3 aromatic carbocycles. The number of carbonyl (C=O) groups excluding carboxylic acids is 3. The highest BCUT2D eigenvalue weighted by molar-refractivity contribution is 8.03. The maximum atomic E-state index is 13.7. The predicted octanol–water partition coefficient (Wildman–Crippen LogP) is 8.84. The molecule has 0 atom stereocenters. The predicted molar refractivity (Wildman–Crippen MR) is 178 cm³/mol. The average molecular weight is 595 g/mol. The van der Waals surface area contributed by atoms with Crippen LogP contribution in [-0.2, 0) is 16.2 Å². The van der Waals surface area contributed by atoms with E-state index in [1.165, 1.54) is 11.8 Å². The van der Waals surface area contributed by atoms with Crippen molar-refractivity contribution in [3.63, 3.8) is 0 Å². The third-order valence-corrected chi connectivity index (χ3v) is 8.47. The summed E-state index contributed by atoms with van der Waals surface area (Å²) in [6.07, 6.45) is 8.43. The molecule has 0 unspecified atom stereocenters. The van der Waals surface area contributed by atoms with Gasteiger partial charge in [0.15, 0.2) is 5.78 Å². The molecule has 4 rings (SSSR count). The second kappa shape index (κ2) is 14.8. The first kappa shape index (κ1) is 31.7. The van der Waals surface area contributed by atoms with Crippen LogP contribution in [0.2, 0.25) is 0 Å². The van der Waals surface area contributed by atoms with E-state index in [1.807, 2.05) is 67.6 Å². The summed E-state index contributed by atoms with van der Waals surface area (Å²) in [5.74, 6) is -0.290. The van der Waals surface area contributed by atoms with Crippen LogP contribution in [0.15, 0.2) is 89.0 Å². The first-order valence-corrected chi connectivity index (χ1v) is 15.7. The van der Waals surface area contributed by atoms with Crippen LogP contribution < -0.4 is 0 Å². The van der Waals surface area contributed by atoms with Crippen LogP contribution in [0.3, 0.4) is 0 Å². The SMILES string of the molecule is CC/C=C\C=C(/CC)SCC/C(=N\OC(C)=O)C(=O)c1ccc2c(c1)c1cc(C(=O)c3ccccc3C)ccc1n2CC. The van der Waals surface area contributed by atoms with E-state index in [2.05, 4.69) is 42.6 Å². The van der Waals surface area contributed by atoms with Crippen molar-refractivity contribution in [2.24, 2.45) is 5.16 Å². The van der Waals surface area contributed by atoms with Gasteiger partial charge < -0.3 is 9.40 Å². The summed E-state index contributed by atoms with van der Waals surface area (Å²) in [6.45, 7) is 10.2. The third kappa shape index (κ3) is 7.41. The van der Waals surface area contributed by atoms with Crippen LogP contribution in [0.25, 0.3) is 21.8 Å². The smallest absolute Gasteiger partial charge is 0.331 e. The zero-order valence-electron chi connectivity index (χ0n) is 25.5. The molecule has 4 aromatic rings. The van der Waals surface area contributed by atoms with Crippen molar-refractivity contribution in [1.29, 1.82) is 0 Å². The summed E-state index contributed by atoms with van der Waals surface area (Å²) in [5.41, 5.74) is 4.79. The number of fused-ring (bicyclic) bond motifs is 3. The van der Waals surface area contributed by atoms with Crippen LogP contribution in [-0.4, -0.2) is 33.6 Å². The van der Waals surface area contributed by atoms with Crippen LogP contribution in [0, 0.1) is 6.92 Å². The van der Waals surface area contributed by atoms with E-state index >= 15 is 0 Å². The molecular weight excluding hydrogens is 556 g/mol. The number of aromatic nitrogens is 1. The normalized spacial score (nSPS) is 12.4.